The van der Waals surface area contributed by atoms with Gasteiger partial charge in [-0.3, -0.25) is 43.3 Å². The van der Waals surface area contributed by atoms with Gasteiger partial charge in [0.25, 0.3) is 0 Å². The van der Waals surface area contributed by atoms with E-state index in [9.17, 15) is 53.1 Å². The van der Waals surface area contributed by atoms with Crippen molar-refractivity contribution >= 4 is 70.8 Å². The minimum Gasteiger partial charge on any atom is -0.445 e. The summed E-state index contributed by atoms with van der Waals surface area (Å²) in [6.45, 7) is 18.6. The number of likely N-dealkylation sites (N-methyl/N-ethyl adjacent to an activating group) is 2. The molecule has 0 saturated carbocycles. The third-order valence-electron chi connectivity index (χ3n) is 19.3. The summed E-state index contributed by atoms with van der Waals surface area (Å²) < 4.78 is 17.8. The summed E-state index contributed by atoms with van der Waals surface area (Å²) in [5.74, 6) is 0.460. The predicted octanol–water partition coefficient (Wildman–Crippen LogP) is 7.32. The van der Waals surface area contributed by atoms with E-state index in [0.717, 1.165) is 11.1 Å². The standard InChI is InChI=1S/C77H107N11O14/c1-15-49(8)68(61(100-13)43-64(91)87-42-24-32-60(87)70(101-14)50(9)71(93)80-51(10)69(92)55-27-17-16-18-28-55)85(11)75(97)66(47(4)5)84-74(96)67(48(6)7)86(12)77(99)102-45-52-33-37-57(38-34-52)81-72(94)58(30-23-41-79-76(78)98)82-73(95)65(46(2)3)83-62(89)39-40-63(90)88-44-56-29-20-19-25-53(56)35-36-54-26-21-22-31-59(54)88/h16-22,25-29,31,33-34,37-38,46-51,58,60-61,65-70,92H,15,23-24,30,32,39-45H2,1-14H3,(H,80,93)(H,81,94)(H,82,95)(H,83,89)(H,84,96)(H3,78,79,98)/t49-,50+,51+,58-,60-,61?,65-,66-,67-,68-,69+,70+/m0/s1. The summed E-state index contributed by atoms with van der Waals surface area (Å²) in [5, 5.41) is 27.7. The molecule has 0 aromatic heterocycles. The van der Waals surface area contributed by atoms with Crippen molar-refractivity contribution in [3.63, 3.8) is 0 Å². The quantitative estimate of drug-likeness (QED) is 0.0165. The van der Waals surface area contributed by atoms with E-state index in [-0.39, 0.29) is 75.4 Å². The Morgan fingerprint density at radius 1 is 0.676 bits per heavy atom. The lowest BCUT2D eigenvalue weighted by molar-refractivity contribution is -0.148. The first-order valence-electron chi connectivity index (χ1n) is 35.4. The van der Waals surface area contributed by atoms with E-state index in [0.29, 0.717) is 53.9 Å². The zero-order valence-electron chi connectivity index (χ0n) is 61.6. The number of ether oxygens (including phenoxy) is 3. The smallest absolute Gasteiger partial charge is 0.410 e. The average Bonchev–Trinajstić information content (AvgIpc) is 1.26. The number of nitrogens with two attached hydrogens (primary N) is 1. The Balaban J connectivity index is 1.04. The van der Waals surface area contributed by atoms with Crippen molar-refractivity contribution in [3.05, 3.63) is 131 Å². The van der Waals surface area contributed by atoms with Crippen molar-refractivity contribution in [1.29, 1.82) is 0 Å². The van der Waals surface area contributed by atoms with Crippen LogP contribution in [0.15, 0.2) is 103 Å². The molecule has 102 heavy (non-hydrogen) atoms. The fourth-order valence-electron chi connectivity index (χ4n) is 13.2. The molecule has 4 aromatic rings. The number of methoxy groups -OCH3 is 2. The molecule has 1 unspecified atom stereocenters. The first-order chi connectivity index (χ1) is 48.5. The lowest BCUT2D eigenvalue weighted by Crippen LogP contribution is -2.60. The Hall–Kier alpha value is -9.38. The number of nitrogens with zero attached hydrogens (tertiary/aromatic N) is 4. The third kappa shape index (κ3) is 22.3. The number of carbonyl (C=O) groups is 10. The van der Waals surface area contributed by atoms with Crippen LogP contribution in [-0.4, -0.2) is 175 Å². The number of primary amides is 1. The number of carbonyl (C=O) groups excluding carboxylic acids is 10. The van der Waals surface area contributed by atoms with E-state index >= 15 is 0 Å². The van der Waals surface area contributed by atoms with Crippen LogP contribution in [0, 0.1) is 41.4 Å². The van der Waals surface area contributed by atoms with E-state index in [1.165, 1.54) is 26.2 Å². The molecule has 12 atom stereocenters. The lowest BCUT2D eigenvalue weighted by Gasteiger charge is -2.41. The number of nitrogens with one attached hydrogen (secondary N) is 6. The van der Waals surface area contributed by atoms with Gasteiger partial charge in [-0.2, -0.15) is 0 Å². The van der Waals surface area contributed by atoms with Gasteiger partial charge in [0.05, 0.1) is 61.0 Å². The topological polar surface area (TPSA) is 330 Å². The third-order valence-corrected chi connectivity index (χ3v) is 19.3. The molecule has 2 aliphatic heterocycles. The number of hydrogen-bond acceptors (Lipinski definition) is 14. The van der Waals surface area contributed by atoms with Gasteiger partial charge in [-0.25, -0.2) is 9.59 Å². The monoisotopic (exact) mass is 1410 g/mol. The number of fused-ring (bicyclic) bond motifs is 2. The summed E-state index contributed by atoms with van der Waals surface area (Å²) in [5.41, 5.74) is 9.74. The maximum absolute atomic E-state index is 14.9. The average molecular weight is 1410 g/mol. The van der Waals surface area contributed by atoms with Crippen LogP contribution in [0.4, 0.5) is 21.0 Å². The van der Waals surface area contributed by atoms with E-state index in [2.05, 4.69) is 43.7 Å². The number of aliphatic hydroxyl groups is 1. The molecule has 25 nitrogen and oxygen atoms in total. The summed E-state index contributed by atoms with van der Waals surface area (Å²) in [7, 11) is 6.09. The number of amides is 11. The van der Waals surface area contributed by atoms with Gasteiger partial charge in [-0.05, 0) is 103 Å². The normalized spacial score (nSPS) is 16.5. The Morgan fingerprint density at radius 3 is 1.94 bits per heavy atom. The van der Waals surface area contributed by atoms with Crippen LogP contribution in [0.1, 0.15) is 155 Å². The summed E-state index contributed by atoms with van der Waals surface area (Å²) in [4.78, 5) is 145. The van der Waals surface area contributed by atoms with Crippen LogP contribution in [0.25, 0.3) is 0 Å². The van der Waals surface area contributed by atoms with E-state index in [1.54, 1.807) is 114 Å². The van der Waals surface area contributed by atoms with Crippen molar-refractivity contribution < 1.29 is 67.3 Å². The molecule has 0 bridgehead atoms. The maximum Gasteiger partial charge on any atom is 0.410 e. The number of urea groups is 1. The second kappa shape index (κ2) is 39.2. The van der Waals surface area contributed by atoms with Gasteiger partial charge in [-0.15, -0.1) is 0 Å². The molecule has 25 heteroatoms. The highest BCUT2D eigenvalue weighted by Crippen LogP contribution is 2.32. The number of likely N-dealkylation sites (tertiary alicyclic amines) is 1. The largest absolute Gasteiger partial charge is 0.445 e. The van der Waals surface area contributed by atoms with E-state index in [1.807, 2.05) is 80.6 Å². The fraction of sp³-hybridized carbons (Fsp3) is 0.532. The summed E-state index contributed by atoms with van der Waals surface area (Å²) >= 11 is 0. The predicted molar refractivity (Wildman–Crippen MR) is 388 cm³/mol. The molecule has 2 aliphatic rings. The van der Waals surface area contributed by atoms with Gasteiger partial charge >= 0.3 is 12.1 Å². The van der Waals surface area contributed by atoms with Crippen LogP contribution in [-0.2, 0) is 65.7 Å². The van der Waals surface area contributed by atoms with Crippen LogP contribution in [0.2, 0.25) is 0 Å². The summed E-state index contributed by atoms with van der Waals surface area (Å²) in [6.07, 6.45) is -1.54. The van der Waals surface area contributed by atoms with Gasteiger partial charge in [0, 0.05) is 71.1 Å². The minimum atomic E-state index is -1.16. The highest BCUT2D eigenvalue weighted by molar-refractivity contribution is 6.00. The van der Waals surface area contributed by atoms with Crippen LogP contribution < -0.4 is 42.5 Å². The van der Waals surface area contributed by atoms with Crippen molar-refractivity contribution in [2.45, 2.75) is 194 Å². The highest BCUT2D eigenvalue weighted by atomic mass is 16.6. The fourth-order valence-corrected chi connectivity index (χ4v) is 13.2. The van der Waals surface area contributed by atoms with Gasteiger partial charge in [-0.1, -0.05) is 153 Å². The number of para-hydroxylation sites is 1. The van der Waals surface area contributed by atoms with Crippen molar-refractivity contribution in [2.24, 2.45) is 35.3 Å². The molecule has 0 radical (unpaired) electrons. The SMILES string of the molecule is CC[C@H](C)[C@@H](C(CC(=O)N1CCC[C@H]1[C@H](OC)[C@@H](C)C(=O)N[C@H](C)[C@@H](O)c1ccccc1)OC)N(C)C(=O)[C@@H](NC(=O)[C@H](C(C)C)N(C)C(=O)OCc1ccc(NC(=O)[C@H](CCCNC(N)=O)NC(=O)[C@@H](NC(=O)CCC(=O)N2Cc3ccccc3C#Cc3ccccc32)C(C)C)cc1)C(C)C. The second-order valence-electron chi connectivity index (χ2n) is 27.7. The van der Waals surface area contributed by atoms with E-state index < -0.39 is 126 Å². The Kier molecular flexibility index (Phi) is 31.3. The molecule has 0 aliphatic carbocycles. The van der Waals surface area contributed by atoms with Crippen LogP contribution in [0.5, 0.6) is 0 Å². The molecular weight excluding hydrogens is 1300 g/mol. The molecule has 4 aromatic carbocycles. The number of benzene rings is 4. The lowest BCUT2D eigenvalue weighted by atomic mass is 9.89. The van der Waals surface area contributed by atoms with Gasteiger partial charge in [0.2, 0.25) is 47.3 Å². The molecule has 9 N–H and O–H groups in total. The van der Waals surface area contributed by atoms with Gasteiger partial charge < -0.3 is 71.7 Å². The number of rotatable bonds is 35. The zero-order valence-corrected chi connectivity index (χ0v) is 61.6. The first kappa shape index (κ1) is 81.6. The highest BCUT2D eigenvalue weighted by Gasteiger charge is 2.44. The molecule has 1 saturated heterocycles. The minimum absolute atomic E-state index is 0.0581. The molecule has 0 spiro atoms. The van der Waals surface area contributed by atoms with Crippen molar-refractivity contribution in [2.75, 3.05) is 51.6 Å². The van der Waals surface area contributed by atoms with Crippen LogP contribution >= 0.6 is 0 Å². The first-order valence-corrected chi connectivity index (χ1v) is 35.4. The zero-order chi connectivity index (χ0) is 75.1. The Bertz CT molecular complexity index is 3580. The molecule has 11 amide bonds. The Morgan fingerprint density at radius 2 is 1.31 bits per heavy atom. The molecule has 1 fully saturated rings. The molecule has 554 valence electrons. The Labute approximate surface area is 600 Å². The number of hydrogen-bond donors (Lipinski definition) is 8. The molecule has 6 rings (SSSR count). The molecule has 2 heterocycles. The number of aliphatic hydroxyl groups excluding tert-OH is 1. The van der Waals surface area contributed by atoms with Gasteiger partial charge in [0.15, 0.2) is 0 Å². The number of anilines is 2. The maximum atomic E-state index is 14.9. The summed E-state index contributed by atoms with van der Waals surface area (Å²) in [6, 6.07) is 23.4. The second-order valence-corrected chi connectivity index (χ2v) is 27.7. The van der Waals surface area contributed by atoms with Crippen LogP contribution in [0.3, 0.4) is 0 Å². The van der Waals surface area contributed by atoms with Crippen molar-refractivity contribution in [1.82, 2.24) is 41.3 Å². The molecular formula is C77H107N11O14. The van der Waals surface area contributed by atoms with Gasteiger partial charge in [0.1, 0.15) is 30.8 Å². The van der Waals surface area contributed by atoms with Crippen molar-refractivity contribution in [3.8, 4) is 11.8 Å². The van der Waals surface area contributed by atoms with E-state index in [4.69, 9.17) is 19.9 Å².